The molecule has 0 aliphatic carbocycles. The SMILES string of the molecule is CN1CCN(C2=Nc3ccccc3Oc3ccc(Cl)cc32)CC1.OCCOCCN1CCN(C2=Nc3ccccc3Sc3ccccc32)CC1. The normalized spacial score (nSPS) is 17.3. The Balaban J connectivity index is 0.000000159. The summed E-state index contributed by atoms with van der Waals surface area (Å²) in [5.74, 6) is 3.61. The van der Waals surface area contributed by atoms with Crippen molar-refractivity contribution in [2.75, 3.05) is 85.8 Å². The molecule has 1 N–H and O–H groups in total. The van der Waals surface area contributed by atoms with E-state index in [2.05, 4.69) is 75.2 Å². The monoisotopic (exact) mass is 710 g/mol. The van der Waals surface area contributed by atoms with Gasteiger partial charge >= 0.3 is 0 Å². The number of fused-ring (bicyclic) bond motifs is 4. The van der Waals surface area contributed by atoms with Crippen LogP contribution in [-0.4, -0.2) is 122 Å². The molecular formula is C39H43ClN6O3S. The van der Waals surface area contributed by atoms with E-state index in [1.807, 2.05) is 42.5 Å². The summed E-state index contributed by atoms with van der Waals surface area (Å²) in [4.78, 5) is 21.9. The zero-order valence-electron chi connectivity index (χ0n) is 28.4. The van der Waals surface area contributed by atoms with Crippen molar-refractivity contribution in [1.29, 1.82) is 0 Å². The van der Waals surface area contributed by atoms with Crippen molar-refractivity contribution in [3.05, 3.63) is 107 Å². The third-order valence-corrected chi connectivity index (χ3v) is 10.6. The molecule has 4 aromatic rings. The molecule has 0 amide bonds. The molecule has 4 aliphatic heterocycles. The topological polar surface area (TPSA) is 76.4 Å². The van der Waals surface area contributed by atoms with Gasteiger partial charge in [0.2, 0.25) is 0 Å². The Hall–Kier alpha value is -3.90. The van der Waals surface area contributed by atoms with Crippen molar-refractivity contribution >= 4 is 46.4 Å². The van der Waals surface area contributed by atoms with Gasteiger partial charge in [0.25, 0.3) is 0 Å². The Labute approximate surface area is 303 Å². The average molecular weight is 711 g/mol. The number of benzene rings is 4. The minimum absolute atomic E-state index is 0.0898. The molecule has 0 bridgehead atoms. The van der Waals surface area contributed by atoms with Crippen LogP contribution < -0.4 is 4.74 Å². The lowest BCUT2D eigenvalue weighted by Gasteiger charge is -2.36. The Morgan fingerprint density at radius 1 is 0.700 bits per heavy atom. The molecule has 0 aromatic heterocycles. The van der Waals surface area contributed by atoms with E-state index in [0.29, 0.717) is 18.2 Å². The highest BCUT2D eigenvalue weighted by Gasteiger charge is 2.26. The van der Waals surface area contributed by atoms with E-state index in [1.54, 1.807) is 11.8 Å². The summed E-state index contributed by atoms with van der Waals surface area (Å²) in [6, 6.07) is 30.5. The average Bonchev–Trinajstić information content (AvgIpc) is 3.42. The Morgan fingerprint density at radius 3 is 2.12 bits per heavy atom. The number of nitrogens with zero attached hydrogens (tertiary/aromatic N) is 6. The highest BCUT2D eigenvalue weighted by Crippen LogP contribution is 2.41. The van der Waals surface area contributed by atoms with E-state index in [0.717, 1.165) is 99.0 Å². The van der Waals surface area contributed by atoms with Gasteiger partial charge in [0, 0.05) is 79.3 Å². The number of hydrogen-bond acceptors (Lipinski definition) is 10. The second-order valence-electron chi connectivity index (χ2n) is 12.6. The first-order chi connectivity index (χ1) is 24.6. The number of likely N-dealkylation sites (N-methyl/N-ethyl adjacent to an activating group) is 1. The van der Waals surface area contributed by atoms with Crippen LogP contribution in [0.5, 0.6) is 11.5 Å². The number of piperazine rings is 2. The molecule has 2 saturated heterocycles. The highest BCUT2D eigenvalue weighted by molar-refractivity contribution is 7.99. The minimum atomic E-state index is 0.0898. The van der Waals surface area contributed by atoms with Crippen molar-refractivity contribution in [3.63, 3.8) is 0 Å². The summed E-state index contributed by atoms with van der Waals surface area (Å²) in [6.07, 6.45) is 0. The first-order valence-electron chi connectivity index (χ1n) is 17.3. The van der Waals surface area contributed by atoms with Crippen LogP contribution in [0.4, 0.5) is 11.4 Å². The predicted octanol–water partition coefficient (Wildman–Crippen LogP) is 6.63. The van der Waals surface area contributed by atoms with Crippen molar-refractivity contribution < 1.29 is 14.6 Å². The molecule has 0 radical (unpaired) electrons. The van der Waals surface area contributed by atoms with Gasteiger partial charge < -0.3 is 29.3 Å². The summed E-state index contributed by atoms with van der Waals surface area (Å²) < 4.78 is 11.5. The zero-order chi connectivity index (χ0) is 34.3. The van der Waals surface area contributed by atoms with Gasteiger partial charge in [0.15, 0.2) is 5.75 Å². The molecule has 0 saturated carbocycles. The van der Waals surface area contributed by atoms with Gasteiger partial charge in [-0.25, -0.2) is 9.98 Å². The van der Waals surface area contributed by atoms with Gasteiger partial charge in [-0.05, 0) is 55.6 Å². The third-order valence-electron chi connectivity index (χ3n) is 9.20. The van der Waals surface area contributed by atoms with Crippen LogP contribution >= 0.6 is 23.4 Å². The summed E-state index contributed by atoms with van der Waals surface area (Å²) in [7, 11) is 2.15. The van der Waals surface area contributed by atoms with Crippen LogP contribution in [0, 0.1) is 0 Å². The smallest absolute Gasteiger partial charge is 0.153 e. The van der Waals surface area contributed by atoms with Crippen molar-refractivity contribution in [1.82, 2.24) is 19.6 Å². The molecule has 4 aromatic carbocycles. The van der Waals surface area contributed by atoms with E-state index in [1.165, 1.54) is 15.4 Å². The number of para-hydroxylation sites is 3. The fraction of sp³-hybridized carbons (Fsp3) is 0.333. The Kier molecular flexibility index (Phi) is 11.3. The maximum atomic E-state index is 8.79. The largest absolute Gasteiger partial charge is 0.454 e. The number of aliphatic hydroxyl groups is 1. The number of amidine groups is 2. The van der Waals surface area contributed by atoms with Crippen LogP contribution in [0.3, 0.4) is 0 Å². The quantitative estimate of drug-likeness (QED) is 0.232. The Bertz CT molecular complexity index is 1840. The maximum absolute atomic E-state index is 8.79. The minimum Gasteiger partial charge on any atom is -0.454 e. The molecular weight excluding hydrogens is 668 g/mol. The van der Waals surface area contributed by atoms with Crippen LogP contribution in [0.1, 0.15) is 11.1 Å². The molecule has 50 heavy (non-hydrogen) atoms. The first-order valence-corrected chi connectivity index (χ1v) is 18.4. The predicted molar refractivity (Wildman–Crippen MR) is 202 cm³/mol. The molecule has 0 unspecified atom stereocenters. The van der Waals surface area contributed by atoms with Crippen LogP contribution in [0.2, 0.25) is 5.02 Å². The molecule has 260 valence electrons. The summed E-state index contributed by atoms with van der Waals surface area (Å²) in [6.45, 7) is 9.96. The second kappa shape index (κ2) is 16.4. The summed E-state index contributed by atoms with van der Waals surface area (Å²) in [5.41, 5.74) is 4.08. The van der Waals surface area contributed by atoms with E-state index in [9.17, 15) is 0 Å². The molecule has 4 heterocycles. The lowest BCUT2D eigenvalue weighted by molar-refractivity contribution is 0.0652. The summed E-state index contributed by atoms with van der Waals surface area (Å²) >= 11 is 8.03. The number of aliphatic imine (C=N–C) groups is 2. The van der Waals surface area contributed by atoms with Gasteiger partial charge in [0.05, 0.1) is 31.1 Å². The molecule has 2 fully saturated rings. The number of hydrogen-bond donors (Lipinski definition) is 1. The second-order valence-corrected chi connectivity index (χ2v) is 14.1. The van der Waals surface area contributed by atoms with Gasteiger partial charge in [0.1, 0.15) is 23.1 Å². The van der Waals surface area contributed by atoms with Crippen molar-refractivity contribution in [2.45, 2.75) is 9.79 Å². The molecule has 8 rings (SSSR count). The number of ether oxygens (including phenoxy) is 2. The molecule has 9 nitrogen and oxygen atoms in total. The van der Waals surface area contributed by atoms with E-state index in [4.69, 9.17) is 36.2 Å². The lowest BCUT2D eigenvalue weighted by atomic mass is 10.1. The molecule has 0 spiro atoms. The molecule has 11 heteroatoms. The van der Waals surface area contributed by atoms with Crippen molar-refractivity contribution in [2.24, 2.45) is 9.98 Å². The van der Waals surface area contributed by atoms with Crippen LogP contribution in [0.15, 0.2) is 111 Å². The third kappa shape index (κ3) is 8.18. The van der Waals surface area contributed by atoms with Crippen LogP contribution in [-0.2, 0) is 4.74 Å². The fourth-order valence-corrected chi connectivity index (χ4v) is 7.60. The van der Waals surface area contributed by atoms with Gasteiger partial charge in [-0.15, -0.1) is 0 Å². The lowest BCUT2D eigenvalue weighted by Crippen LogP contribution is -2.49. The van der Waals surface area contributed by atoms with Gasteiger partial charge in [-0.3, -0.25) is 4.90 Å². The number of rotatable bonds is 5. The van der Waals surface area contributed by atoms with E-state index >= 15 is 0 Å². The number of aliphatic hydroxyl groups excluding tert-OH is 1. The van der Waals surface area contributed by atoms with Crippen molar-refractivity contribution in [3.8, 4) is 11.5 Å². The molecule has 0 atom stereocenters. The van der Waals surface area contributed by atoms with Gasteiger partial charge in [-0.1, -0.05) is 65.8 Å². The fourth-order valence-electron chi connectivity index (χ4n) is 6.41. The highest BCUT2D eigenvalue weighted by atomic mass is 35.5. The maximum Gasteiger partial charge on any atom is 0.153 e. The standard InChI is InChI=1S/C21H25N3O2S.C18H18ClN3O/c25-14-16-26-15-13-23-9-11-24(12-10-23)21-17-5-1-3-7-19(17)27-20-8-4-2-6-18(20)22-21;1-21-8-10-22(11-9-21)18-14-12-13(19)6-7-16(14)23-17-5-3-2-4-15(17)20-18/h1-8,25H,9-16H2;2-7,12H,8-11H2,1H3. The Morgan fingerprint density at radius 2 is 1.34 bits per heavy atom. The van der Waals surface area contributed by atoms with Crippen LogP contribution in [0.25, 0.3) is 0 Å². The van der Waals surface area contributed by atoms with E-state index in [-0.39, 0.29) is 6.61 Å². The van der Waals surface area contributed by atoms with Gasteiger partial charge in [-0.2, -0.15) is 0 Å². The zero-order valence-corrected chi connectivity index (χ0v) is 30.0. The summed E-state index contributed by atoms with van der Waals surface area (Å²) in [5, 5.41) is 9.49. The first kappa shape index (κ1) is 34.5. The number of halogens is 1. The van der Waals surface area contributed by atoms with E-state index < -0.39 is 0 Å². The molecule has 4 aliphatic rings.